The summed E-state index contributed by atoms with van der Waals surface area (Å²) < 4.78 is 0. The van der Waals surface area contributed by atoms with Gasteiger partial charge in [-0.05, 0) is 86.0 Å². The Morgan fingerprint density at radius 1 is 0.244 bits per heavy atom. The van der Waals surface area contributed by atoms with Crippen LogP contribution < -0.4 is 0 Å². The molecular formula is C41H34. The SMILES string of the molecule is C=C.c1ccc2c(c1)Cc1ccccc1-2.c1ccc2c(c1)Cc1ccccc1-2.c1ccc2c(c1)Cc1ccccc1-2. The fraction of sp³-hybridized carbons (Fsp3) is 0.0732. The summed E-state index contributed by atoms with van der Waals surface area (Å²) in [6, 6.07) is 51.9. The molecule has 0 saturated heterocycles. The third-order valence-corrected chi connectivity index (χ3v) is 8.12. The van der Waals surface area contributed by atoms with E-state index in [0.717, 1.165) is 19.3 Å². The molecule has 9 rings (SSSR count). The first-order valence-electron chi connectivity index (χ1n) is 14.3. The Kier molecular flexibility index (Phi) is 7.74. The van der Waals surface area contributed by atoms with Gasteiger partial charge in [0, 0.05) is 0 Å². The third kappa shape index (κ3) is 5.30. The second kappa shape index (κ2) is 12.1. The summed E-state index contributed by atoms with van der Waals surface area (Å²) in [7, 11) is 0. The van der Waals surface area contributed by atoms with Crippen LogP contribution >= 0.6 is 0 Å². The maximum Gasteiger partial charge on any atom is -0.00135 e. The third-order valence-electron chi connectivity index (χ3n) is 8.12. The normalized spacial score (nSPS) is 11.8. The Balaban J connectivity index is 0.000000107. The van der Waals surface area contributed by atoms with Crippen LogP contribution in [-0.4, -0.2) is 0 Å². The lowest BCUT2D eigenvalue weighted by molar-refractivity contribution is 1.26. The molecule has 3 aliphatic rings. The van der Waals surface area contributed by atoms with Crippen molar-refractivity contribution >= 4 is 0 Å². The molecule has 0 nitrogen and oxygen atoms in total. The number of benzene rings is 6. The van der Waals surface area contributed by atoms with E-state index < -0.39 is 0 Å². The van der Waals surface area contributed by atoms with Gasteiger partial charge in [-0.3, -0.25) is 0 Å². The van der Waals surface area contributed by atoms with Gasteiger partial charge < -0.3 is 0 Å². The van der Waals surface area contributed by atoms with E-state index in [1.54, 1.807) is 0 Å². The number of hydrogen-bond donors (Lipinski definition) is 0. The van der Waals surface area contributed by atoms with Crippen LogP contribution in [0.4, 0.5) is 0 Å². The first kappa shape index (κ1) is 26.3. The molecular weight excluding hydrogens is 492 g/mol. The van der Waals surface area contributed by atoms with Gasteiger partial charge in [0.2, 0.25) is 0 Å². The zero-order valence-corrected chi connectivity index (χ0v) is 23.4. The summed E-state index contributed by atoms with van der Waals surface area (Å²) in [5.74, 6) is 0. The van der Waals surface area contributed by atoms with Crippen LogP contribution in [0.2, 0.25) is 0 Å². The fourth-order valence-electron chi connectivity index (χ4n) is 6.24. The van der Waals surface area contributed by atoms with Gasteiger partial charge >= 0.3 is 0 Å². The minimum Gasteiger partial charge on any atom is -0.106 e. The summed E-state index contributed by atoms with van der Waals surface area (Å²) in [6.45, 7) is 6.00. The van der Waals surface area contributed by atoms with Gasteiger partial charge in [-0.1, -0.05) is 146 Å². The molecule has 0 atom stereocenters. The summed E-state index contributed by atoms with van der Waals surface area (Å²) in [4.78, 5) is 0. The van der Waals surface area contributed by atoms with E-state index in [0.29, 0.717) is 0 Å². The molecule has 0 heterocycles. The van der Waals surface area contributed by atoms with E-state index in [-0.39, 0.29) is 0 Å². The molecule has 0 heteroatoms. The van der Waals surface area contributed by atoms with Crippen molar-refractivity contribution in [3.63, 3.8) is 0 Å². The highest BCUT2D eigenvalue weighted by Gasteiger charge is 2.17. The van der Waals surface area contributed by atoms with Crippen LogP contribution in [0.3, 0.4) is 0 Å². The van der Waals surface area contributed by atoms with Gasteiger partial charge in [0.1, 0.15) is 0 Å². The van der Waals surface area contributed by atoms with Crippen LogP contribution in [0.5, 0.6) is 0 Å². The molecule has 0 N–H and O–H groups in total. The number of rotatable bonds is 0. The lowest BCUT2D eigenvalue weighted by Crippen LogP contribution is -1.77. The van der Waals surface area contributed by atoms with Crippen LogP contribution in [0.15, 0.2) is 159 Å². The molecule has 0 bridgehead atoms. The molecule has 6 aromatic carbocycles. The van der Waals surface area contributed by atoms with E-state index in [1.807, 2.05) is 0 Å². The summed E-state index contributed by atoms with van der Waals surface area (Å²) in [5, 5.41) is 0. The summed E-state index contributed by atoms with van der Waals surface area (Å²) in [6.07, 6.45) is 3.31. The Morgan fingerprint density at radius 2 is 0.390 bits per heavy atom. The van der Waals surface area contributed by atoms with Gasteiger partial charge in [-0.15, -0.1) is 13.2 Å². The zero-order chi connectivity index (χ0) is 28.0. The zero-order valence-electron chi connectivity index (χ0n) is 23.4. The Hall–Kier alpha value is -4.94. The Labute approximate surface area is 244 Å². The van der Waals surface area contributed by atoms with Gasteiger partial charge in [0.25, 0.3) is 0 Å². The molecule has 0 saturated carbocycles. The quantitative estimate of drug-likeness (QED) is 0.172. The molecule has 6 aromatic rings. The standard InChI is InChI=1S/3C13H10.C2H4/c3*1-3-7-12-10(5-1)9-11-6-2-4-8-13(11)12;1-2/h3*1-8H,9H2;1-2H2. The maximum absolute atomic E-state index is 3.00. The van der Waals surface area contributed by atoms with Crippen molar-refractivity contribution in [2.24, 2.45) is 0 Å². The smallest absolute Gasteiger partial charge is 0.00135 e. The summed E-state index contributed by atoms with van der Waals surface area (Å²) >= 11 is 0. The number of hydrogen-bond acceptors (Lipinski definition) is 0. The highest BCUT2D eigenvalue weighted by atomic mass is 14.2. The average molecular weight is 527 g/mol. The van der Waals surface area contributed by atoms with Crippen molar-refractivity contribution < 1.29 is 0 Å². The van der Waals surface area contributed by atoms with Crippen molar-refractivity contribution in [3.8, 4) is 33.4 Å². The molecule has 0 radical (unpaired) electrons. The lowest BCUT2D eigenvalue weighted by atomic mass is 10.1. The highest BCUT2D eigenvalue weighted by Crippen LogP contribution is 2.37. The average Bonchev–Trinajstić information content (AvgIpc) is 3.74. The first-order chi connectivity index (χ1) is 20.3. The Morgan fingerprint density at radius 3 is 0.561 bits per heavy atom. The second-order valence-corrected chi connectivity index (χ2v) is 10.5. The highest BCUT2D eigenvalue weighted by molar-refractivity contribution is 5.78. The molecule has 0 aromatic heterocycles. The minimum atomic E-state index is 1.10. The minimum absolute atomic E-state index is 1.10. The van der Waals surface area contributed by atoms with Crippen molar-refractivity contribution in [3.05, 3.63) is 192 Å². The largest absolute Gasteiger partial charge is 0.106 e. The van der Waals surface area contributed by atoms with E-state index >= 15 is 0 Å². The predicted octanol–water partition coefficient (Wildman–Crippen LogP) is 10.6. The van der Waals surface area contributed by atoms with Gasteiger partial charge in [0.05, 0.1) is 0 Å². The van der Waals surface area contributed by atoms with E-state index in [9.17, 15) is 0 Å². The van der Waals surface area contributed by atoms with Gasteiger partial charge in [-0.2, -0.15) is 0 Å². The van der Waals surface area contributed by atoms with Crippen LogP contribution in [0.1, 0.15) is 33.4 Å². The second-order valence-electron chi connectivity index (χ2n) is 10.5. The van der Waals surface area contributed by atoms with E-state index in [2.05, 4.69) is 159 Å². The topological polar surface area (TPSA) is 0 Å². The number of fused-ring (bicyclic) bond motifs is 9. The van der Waals surface area contributed by atoms with Crippen molar-refractivity contribution in [2.45, 2.75) is 19.3 Å². The monoisotopic (exact) mass is 526 g/mol. The van der Waals surface area contributed by atoms with Crippen molar-refractivity contribution in [2.75, 3.05) is 0 Å². The van der Waals surface area contributed by atoms with E-state index in [1.165, 1.54) is 66.8 Å². The molecule has 3 aliphatic carbocycles. The summed E-state index contributed by atoms with van der Waals surface area (Å²) in [5.41, 5.74) is 17.3. The molecule has 0 unspecified atom stereocenters. The van der Waals surface area contributed by atoms with Crippen LogP contribution in [-0.2, 0) is 19.3 Å². The van der Waals surface area contributed by atoms with E-state index in [4.69, 9.17) is 0 Å². The van der Waals surface area contributed by atoms with Crippen LogP contribution in [0.25, 0.3) is 33.4 Å². The van der Waals surface area contributed by atoms with Gasteiger partial charge in [-0.25, -0.2) is 0 Å². The van der Waals surface area contributed by atoms with Gasteiger partial charge in [0.15, 0.2) is 0 Å². The maximum atomic E-state index is 3.00. The molecule has 41 heavy (non-hydrogen) atoms. The van der Waals surface area contributed by atoms with Crippen molar-refractivity contribution in [1.29, 1.82) is 0 Å². The molecule has 0 fully saturated rings. The predicted molar refractivity (Wildman–Crippen MR) is 175 cm³/mol. The molecule has 198 valence electrons. The lowest BCUT2D eigenvalue weighted by Gasteiger charge is -1.98. The molecule has 0 spiro atoms. The van der Waals surface area contributed by atoms with Crippen LogP contribution in [0, 0.1) is 0 Å². The fourth-order valence-corrected chi connectivity index (χ4v) is 6.24. The molecule has 0 amide bonds. The molecule has 0 aliphatic heterocycles. The van der Waals surface area contributed by atoms with Crippen molar-refractivity contribution in [1.82, 2.24) is 0 Å². The first-order valence-corrected chi connectivity index (χ1v) is 14.3. The Bertz CT molecular complexity index is 1460.